The molecular formula is C35H33N7O2. The summed E-state index contributed by atoms with van der Waals surface area (Å²) in [5, 5.41) is 5.81. The van der Waals surface area contributed by atoms with E-state index in [2.05, 4.69) is 15.6 Å². The van der Waals surface area contributed by atoms with Crippen molar-refractivity contribution < 1.29 is 9.59 Å². The molecule has 4 N–H and O–H groups in total. The number of nitrogens with zero attached hydrogens (tertiary/aromatic N) is 4. The van der Waals surface area contributed by atoms with E-state index in [9.17, 15) is 9.59 Å². The molecule has 0 aliphatic heterocycles. The number of amides is 2. The molecule has 6 rings (SSSR count). The van der Waals surface area contributed by atoms with Crippen LogP contribution in [0.2, 0.25) is 0 Å². The molecule has 0 radical (unpaired) electrons. The standard InChI is InChI=1S/C34H29N7O2.CH4/c1-21-18-29-33(40-30(21)25-10-6-11-26(19-25)38-22(2)42)41(32(39-29)28-12-7-17-36-31(28)35)27-15-13-23(14-16-27)20-37-34(43)24-8-4-3-5-9-24;/h3-19H,20H2,1-2H3,(H2,35,36)(H,37,43)(H,38,42);1H4. The van der Waals surface area contributed by atoms with Crippen molar-refractivity contribution in [3.63, 3.8) is 0 Å². The molecule has 0 saturated heterocycles. The highest BCUT2D eigenvalue weighted by Crippen LogP contribution is 2.33. The van der Waals surface area contributed by atoms with Crippen molar-refractivity contribution in [3.05, 3.63) is 120 Å². The van der Waals surface area contributed by atoms with Gasteiger partial charge in [0.2, 0.25) is 5.91 Å². The summed E-state index contributed by atoms with van der Waals surface area (Å²) in [7, 11) is 0. The zero-order chi connectivity index (χ0) is 29.9. The normalized spacial score (nSPS) is 10.7. The van der Waals surface area contributed by atoms with E-state index in [1.807, 2.05) is 96.4 Å². The SMILES string of the molecule is C.CC(=O)Nc1cccc(-c2nc3c(cc2C)nc(-c2cccnc2N)n3-c2ccc(CNC(=O)c3ccccc3)cc2)c1. The predicted octanol–water partition coefficient (Wildman–Crippen LogP) is 6.56. The van der Waals surface area contributed by atoms with Gasteiger partial charge in [0.25, 0.3) is 5.91 Å². The summed E-state index contributed by atoms with van der Waals surface area (Å²) in [4.78, 5) is 38.5. The molecule has 3 heterocycles. The van der Waals surface area contributed by atoms with E-state index in [0.29, 0.717) is 46.2 Å². The molecule has 0 unspecified atom stereocenters. The minimum atomic E-state index is -0.142. The van der Waals surface area contributed by atoms with Crippen molar-refractivity contribution in [2.24, 2.45) is 0 Å². The van der Waals surface area contributed by atoms with Crippen LogP contribution in [0.5, 0.6) is 0 Å². The quantitative estimate of drug-likeness (QED) is 0.195. The van der Waals surface area contributed by atoms with E-state index < -0.39 is 0 Å². The van der Waals surface area contributed by atoms with Crippen molar-refractivity contribution in [3.8, 4) is 28.3 Å². The smallest absolute Gasteiger partial charge is 0.251 e. The molecule has 0 aliphatic carbocycles. The number of nitrogens with two attached hydrogens (primary N) is 1. The number of pyridine rings is 2. The summed E-state index contributed by atoms with van der Waals surface area (Å²) < 4.78 is 1.97. The topological polar surface area (TPSA) is 128 Å². The molecule has 0 saturated carbocycles. The van der Waals surface area contributed by atoms with Crippen molar-refractivity contribution in [1.29, 1.82) is 0 Å². The highest BCUT2D eigenvalue weighted by Gasteiger charge is 2.20. The van der Waals surface area contributed by atoms with Crippen LogP contribution >= 0.6 is 0 Å². The van der Waals surface area contributed by atoms with Crippen LogP contribution in [-0.4, -0.2) is 31.3 Å². The Hall–Kier alpha value is -5.83. The second-order valence-corrected chi connectivity index (χ2v) is 10.2. The molecule has 44 heavy (non-hydrogen) atoms. The molecule has 0 spiro atoms. The Bertz CT molecular complexity index is 1970. The first-order valence-electron chi connectivity index (χ1n) is 13.8. The van der Waals surface area contributed by atoms with Gasteiger partial charge in [-0.3, -0.25) is 14.2 Å². The number of anilines is 2. The highest BCUT2D eigenvalue weighted by molar-refractivity contribution is 5.94. The molecule has 6 aromatic rings. The summed E-state index contributed by atoms with van der Waals surface area (Å²) >= 11 is 0. The average molecular weight is 584 g/mol. The number of benzene rings is 3. The van der Waals surface area contributed by atoms with E-state index >= 15 is 0 Å². The Labute approximate surface area is 255 Å². The predicted molar refractivity (Wildman–Crippen MR) is 175 cm³/mol. The van der Waals surface area contributed by atoms with Crippen LogP contribution in [0.3, 0.4) is 0 Å². The average Bonchev–Trinajstić information content (AvgIpc) is 3.38. The highest BCUT2D eigenvalue weighted by atomic mass is 16.2. The van der Waals surface area contributed by atoms with Gasteiger partial charge in [-0.05, 0) is 72.6 Å². The van der Waals surface area contributed by atoms with E-state index in [4.69, 9.17) is 15.7 Å². The molecule has 9 heteroatoms. The molecule has 0 bridgehead atoms. The Morgan fingerprint density at radius 3 is 2.39 bits per heavy atom. The van der Waals surface area contributed by atoms with E-state index in [1.54, 1.807) is 18.3 Å². The van der Waals surface area contributed by atoms with Gasteiger partial charge in [0, 0.05) is 42.2 Å². The van der Waals surface area contributed by atoms with Gasteiger partial charge in [0.05, 0.1) is 11.3 Å². The van der Waals surface area contributed by atoms with Gasteiger partial charge >= 0.3 is 0 Å². The largest absolute Gasteiger partial charge is 0.383 e. The Morgan fingerprint density at radius 1 is 0.886 bits per heavy atom. The second-order valence-electron chi connectivity index (χ2n) is 10.2. The van der Waals surface area contributed by atoms with Crippen LogP contribution in [0, 0.1) is 6.92 Å². The van der Waals surface area contributed by atoms with Gasteiger partial charge in [-0.25, -0.2) is 15.0 Å². The second kappa shape index (κ2) is 12.6. The molecule has 9 nitrogen and oxygen atoms in total. The minimum absolute atomic E-state index is 0. The lowest BCUT2D eigenvalue weighted by Gasteiger charge is -2.13. The fourth-order valence-corrected chi connectivity index (χ4v) is 5.01. The van der Waals surface area contributed by atoms with Crippen molar-refractivity contribution in [2.45, 2.75) is 27.8 Å². The number of rotatable bonds is 7. The molecule has 3 aromatic carbocycles. The third-order valence-electron chi connectivity index (χ3n) is 7.04. The van der Waals surface area contributed by atoms with Gasteiger partial charge in [0.15, 0.2) is 11.5 Å². The zero-order valence-corrected chi connectivity index (χ0v) is 23.7. The van der Waals surface area contributed by atoms with Gasteiger partial charge < -0.3 is 16.4 Å². The number of fused-ring (bicyclic) bond motifs is 1. The van der Waals surface area contributed by atoms with Crippen LogP contribution in [0.25, 0.3) is 39.5 Å². The van der Waals surface area contributed by atoms with Crippen LogP contribution in [0.1, 0.15) is 35.8 Å². The maximum atomic E-state index is 12.5. The van der Waals surface area contributed by atoms with Gasteiger partial charge in [-0.1, -0.05) is 49.9 Å². The summed E-state index contributed by atoms with van der Waals surface area (Å²) in [6, 6.07) is 30.3. The maximum absolute atomic E-state index is 12.5. The lowest BCUT2D eigenvalue weighted by atomic mass is 10.1. The molecule has 0 atom stereocenters. The number of carbonyl (C=O) groups excluding carboxylic acids is 2. The summed E-state index contributed by atoms with van der Waals surface area (Å²) in [6.45, 7) is 3.85. The Morgan fingerprint density at radius 2 is 1.66 bits per heavy atom. The monoisotopic (exact) mass is 583 g/mol. The lowest BCUT2D eigenvalue weighted by Crippen LogP contribution is -2.22. The van der Waals surface area contributed by atoms with Gasteiger partial charge in [-0.15, -0.1) is 0 Å². The zero-order valence-electron chi connectivity index (χ0n) is 23.7. The van der Waals surface area contributed by atoms with Crippen molar-refractivity contribution in [1.82, 2.24) is 24.8 Å². The third-order valence-corrected chi connectivity index (χ3v) is 7.04. The molecular weight excluding hydrogens is 550 g/mol. The van der Waals surface area contributed by atoms with E-state index in [1.165, 1.54) is 6.92 Å². The molecule has 0 aliphatic rings. The summed E-state index contributed by atoms with van der Waals surface area (Å²) in [5.41, 5.74) is 14.0. The number of imidazole rings is 1. The molecule has 3 aromatic heterocycles. The number of nitrogen functional groups attached to an aromatic ring is 1. The van der Waals surface area contributed by atoms with Gasteiger partial charge in [-0.2, -0.15) is 0 Å². The van der Waals surface area contributed by atoms with Crippen molar-refractivity contribution in [2.75, 3.05) is 11.1 Å². The van der Waals surface area contributed by atoms with Crippen LogP contribution in [0.4, 0.5) is 11.5 Å². The lowest BCUT2D eigenvalue weighted by molar-refractivity contribution is -0.114. The van der Waals surface area contributed by atoms with E-state index in [-0.39, 0.29) is 19.2 Å². The number of aryl methyl sites for hydroxylation is 1. The number of carbonyl (C=O) groups is 2. The first kappa shape index (κ1) is 29.7. The third kappa shape index (κ3) is 6.03. The van der Waals surface area contributed by atoms with Crippen molar-refractivity contribution >= 4 is 34.5 Å². The fraction of sp³-hybridized carbons (Fsp3) is 0.114. The Balaban J connectivity index is 0.00000384. The summed E-state index contributed by atoms with van der Waals surface area (Å²) in [6.07, 6.45) is 1.65. The molecule has 220 valence electrons. The van der Waals surface area contributed by atoms with Crippen LogP contribution in [-0.2, 0) is 11.3 Å². The Kier molecular flexibility index (Phi) is 8.48. The van der Waals surface area contributed by atoms with Crippen LogP contribution in [0.15, 0.2) is 103 Å². The summed E-state index contributed by atoms with van der Waals surface area (Å²) in [5.74, 6) is 0.701. The molecule has 0 fully saturated rings. The van der Waals surface area contributed by atoms with E-state index in [0.717, 1.165) is 28.1 Å². The number of hydrogen-bond acceptors (Lipinski definition) is 6. The maximum Gasteiger partial charge on any atom is 0.251 e. The molecule has 2 amide bonds. The fourth-order valence-electron chi connectivity index (χ4n) is 5.01. The number of hydrogen-bond donors (Lipinski definition) is 3. The van der Waals surface area contributed by atoms with Gasteiger partial charge in [0.1, 0.15) is 11.3 Å². The minimum Gasteiger partial charge on any atom is -0.383 e. The number of nitrogens with one attached hydrogen (secondary N) is 2. The first-order chi connectivity index (χ1) is 20.9. The van der Waals surface area contributed by atoms with Crippen LogP contribution < -0.4 is 16.4 Å². The first-order valence-corrected chi connectivity index (χ1v) is 13.8. The number of aromatic nitrogens is 4.